The van der Waals surface area contributed by atoms with Crippen molar-refractivity contribution in [2.45, 2.75) is 26.7 Å². The summed E-state index contributed by atoms with van der Waals surface area (Å²) in [4.78, 5) is 12.7. The van der Waals surface area contributed by atoms with Crippen LogP contribution in [0.15, 0.2) is 42.5 Å². The molecule has 0 saturated carbocycles. The van der Waals surface area contributed by atoms with Gasteiger partial charge in [0, 0.05) is 15.7 Å². The van der Waals surface area contributed by atoms with Gasteiger partial charge in [0.1, 0.15) is 0 Å². The lowest BCUT2D eigenvalue weighted by Crippen LogP contribution is -2.25. The normalized spacial score (nSPS) is 12.3. The van der Waals surface area contributed by atoms with Crippen LogP contribution in [0.2, 0.25) is 10.0 Å². The fraction of sp³-hybridized carbons (Fsp3) is 0.278. The maximum Gasteiger partial charge on any atom is 0.232 e. The molecule has 4 heteroatoms. The van der Waals surface area contributed by atoms with Crippen LogP contribution in [0.4, 0.5) is 5.69 Å². The van der Waals surface area contributed by atoms with E-state index in [-0.39, 0.29) is 17.7 Å². The highest BCUT2D eigenvalue weighted by Gasteiger charge is 2.24. The van der Waals surface area contributed by atoms with Crippen molar-refractivity contribution < 1.29 is 4.79 Å². The molecule has 22 heavy (non-hydrogen) atoms. The first-order chi connectivity index (χ1) is 10.4. The molecule has 0 radical (unpaired) electrons. The third-order valence-corrected chi connectivity index (χ3v) is 4.12. The van der Waals surface area contributed by atoms with E-state index in [4.69, 9.17) is 23.2 Å². The van der Waals surface area contributed by atoms with Gasteiger partial charge in [0.2, 0.25) is 5.91 Å². The van der Waals surface area contributed by atoms with Gasteiger partial charge in [0.05, 0.1) is 5.92 Å². The molecule has 0 spiro atoms. The highest BCUT2D eigenvalue weighted by Crippen LogP contribution is 2.28. The van der Waals surface area contributed by atoms with Crippen LogP contribution < -0.4 is 5.32 Å². The Labute approximate surface area is 141 Å². The lowest BCUT2D eigenvalue weighted by molar-refractivity contribution is -0.118. The van der Waals surface area contributed by atoms with E-state index >= 15 is 0 Å². The molecule has 2 nitrogen and oxygen atoms in total. The number of carbonyl (C=O) groups is 1. The van der Waals surface area contributed by atoms with Crippen LogP contribution in [0.25, 0.3) is 0 Å². The van der Waals surface area contributed by atoms with Crippen molar-refractivity contribution >= 4 is 34.8 Å². The summed E-state index contributed by atoms with van der Waals surface area (Å²) in [5, 5.41) is 4.26. The Kier molecular flexibility index (Phi) is 5.49. The third kappa shape index (κ3) is 4.02. The lowest BCUT2D eigenvalue weighted by atomic mass is 9.87. The number of hydrogen-bond acceptors (Lipinski definition) is 1. The molecule has 0 unspecified atom stereocenters. The molecule has 0 fully saturated rings. The van der Waals surface area contributed by atoms with E-state index < -0.39 is 0 Å². The molecule has 1 N–H and O–H groups in total. The van der Waals surface area contributed by atoms with E-state index in [1.165, 1.54) is 0 Å². The summed E-state index contributed by atoms with van der Waals surface area (Å²) in [6.07, 6.45) is 0. The first-order valence-electron chi connectivity index (χ1n) is 7.21. The zero-order chi connectivity index (χ0) is 16.3. The Hall–Kier alpha value is -1.51. The van der Waals surface area contributed by atoms with Gasteiger partial charge in [-0.05, 0) is 48.2 Å². The standard InChI is InChI=1S/C18H19Cl2NO/c1-11(2)17(13-5-8-14(19)9-6-13)18(22)21-16-10-15(20)7-4-12(16)3/h4-11,17H,1-3H3,(H,21,22)/t17-/m0/s1. The smallest absolute Gasteiger partial charge is 0.232 e. The first-order valence-corrected chi connectivity index (χ1v) is 7.96. The number of anilines is 1. The predicted molar refractivity (Wildman–Crippen MR) is 93.8 cm³/mol. The average Bonchev–Trinajstić information content (AvgIpc) is 2.45. The minimum Gasteiger partial charge on any atom is -0.325 e. The van der Waals surface area contributed by atoms with Gasteiger partial charge in [-0.25, -0.2) is 0 Å². The topological polar surface area (TPSA) is 29.1 Å². The van der Waals surface area contributed by atoms with Crippen LogP contribution in [0.3, 0.4) is 0 Å². The number of amides is 1. The molecule has 2 rings (SSSR count). The fourth-order valence-electron chi connectivity index (χ4n) is 2.45. The molecular weight excluding hydrogens is 317 g/mol. The number of benzene rings is 2. The molecule has 0 aliphatic rings. The molecule has 0 aliphatic carbocycles. The van der Waals surface area contributed by atoms with Gasteiger partial charge < -0.3 is 5.32 Å². The van der Waals surface area contributed by atoms with Gasteiger partial charge in [0.25, 0.3) is 0 Å². The van der Waals surface area contributed by atoms with Crippen molar-refractivity contribution in [3.63, 3.8) is 0 Å². The van der Waals surface area contributed by atoms with Crippen LogP contribution in [0.1, 0.15) is 30.9 Å². The van der Waals surface area contributed by atoms with Gasteiger partial charge in [-0.3, -0.25) is 4.79 Å². The maximum atomic E-state index is 12.7. The second-order valence-corrected chi connectivity index (χ2v) is 6.59. The van der Waals surface area contributed by atoms with E-state index in [1.807, 2.05) is 57.2 Å². The summed E-state index contributed by atoms with van der Waals surface area (Å²) in [7, 11) is 0. The van der Waals surface area contributed by atoms with Gasteiger partial charge in [-0.2, -0.15) is 0 Å². The van der Waals surface area contributed by atoms with Crippen LogP contribution in [-0.2, 0) is 4.79 Å². The second kappa shape index (κ2) is 7.17. The second-order valence-electron chi connectivity index (χ2n) is 5.72. The van der Waals surface area contributed by atoms with Crippen molar-refractivity contribution in [3.05, 3.63) is 63.6 Å². The summed E-state index contributed by atoms with van der Waals surface area (Å²) < 4.78 is 0. The molecule has 116 valence electrons. The summed E-state index contributed by atoms with van der Waals surface area (Å²) >= 11 is 11.9. The predicted octanol–water partition coefficient (Wildman–Crippen LogP) is 5.68. The van der Waals surface area contributed by atoms with E-state index in [0.29, 0.717) is 10.0 Å². The molecule has 1 atom stereocenters. The SMILES string of the molecule is Cc1ccc(Cl)cc1NC(=O)[C@H](c1ccc(Cl)cc1)C(C)C. The average molecular weight is 336 g/mol. The Balaban J connectivity index is 2.27. The number of rotatable bonds is 4. The number of halogens is 2. The van der Waals surface area contributed by atoms with Gasteiger partial charge >= 0.3 is 0 Å². The molecule has 0 heterocycles. The highest BCUT2D eigenvalue weighted by atomic mass is 35.5. The van der Waals surface area contributed by atoms with Gasteiger partial charge in [0.15, 0.2) is 0 Å². The van der Waals surface area contributed by atoms with Crippen molar-refractivity contribution in [2.75, 3.05) is 5.32 Å². The van der Waals surface area contributed by atoms with Gasteiger partial charge in [-0.15, -0.1) is 0 Å². The van der Waals surface area contributed by atoms with Crippen molar-refractivity contribution in [3.8, 4) is 0 Å². The molecule has 2 aromatic carbocycles. The van der Waals surface area contributed by atoms with Crippen LogP contribution in [-0.4, -0.2) is 5.91 Å². The lowest BCUT2D eigenvalue weighted by Gasteiger charge is -2.21. The minimum absolute atomic E-state index is 0.0392. The van der Waals surface area contributed by atoms with Crippen molar-refractivity contribution in [1.82, 2.24) is 0 Å². The monoisotopic (exact) mass is 335 g/mol. The quantitative estimate of drug-likeness (QED) is 0.764. The number of aryl methyl sites for hydroxylation is 1. The molecular formula is C18H19Cl2NO. The number of hydrogen-bond donors (Lipinski definition) is 1. The van der Waals surface area contributed by atoms with E-state index in [2.05, 4.69) is 5.32 Å². The number of carbonyl (C=O) groups excluding carboxylic acids is 1. The number of nitrogens with one attached hydrogen (secondary N) is 1. The summed E-state index contributed by atoms with van der Waals surface area (Å²) in [6, 6.07) is 12.9. The minimum atomic E-state index is -0.240. The largest absolute Gasteiger partial charge is 0.325 e. The summed E-state index contributed by atoms with van der Waals surface area (Å²) in [5.41, 5.74) is 2.69. The van der Waals surface area contributed by atoms with Crippen molar-refractivity contribution in [1.29, 1.82) is 0 Å². The molecule has 0 aliphatic heterocycles. The zero-order valence-corrected chi connectivity index (χ0v) is 14.4. The van der Waals surface area contributed by atoms with E-state index in [1.54, 1.807) is 6.07 Å². The molecule has 0 aromatic heterocycles. The molecule has 0 bridgehead atoms. The van der Waals surface area contributed by atoms with Crippen LogP contribution >= 0.6 is 23.2 Å². The van der Waals surface area contributed by atoms with E-state index in [9.17, 15) is 4.79 Å². The van der Waals surface area contributed by atoms with Crippen LogP contribution in [0, 0.1) is 12.8 Å². The maximum absolute atomic E-state index is 12.7. The molecule has 2 aromatic rings. The molecule has 0 saturated heterocycles. The Morgan fingerprint density at radius 2 is 1.59 bits per heavy atom. The van der Waals surface area contributed by atoms with Crippen LogP contribution in [0.5, 0.6) is 0 Å². The Morgan fingerprint density at radius 1 is 1.00 bits per heavy atom. The fourth-order valence-corrected chi connectivity index (χ4v) is 2.75. The van der Waals surface area contributed by atoms with Gasteiger partial charge in [-0.1, -0.05) is 55.2 Å². The summed E-state index contributed by atoms with van der Waals surface area (Å²) in [5.74, 6) is -0.112. The zero-order valence-electron chi connectivity index (χ0n) is 12.9. The van der Waals surface area contributed by atoms with E-state index in [0.717, 1.165) is 16.8 Å². The third-order valence-electron chi connectivity index (χ3n) is 3.64. The Bertz CT molecular complexity index is 665. The highest BCUT2D eigenvalue weighted by molar-refractivity contribution is 6.31. The van der Waals surface area contributed by atoms with Crippen molar-refractivity contribution in [2.24, 2.45) is 5.92 Å². The Morgan fingerprint density at radius 3 is 2.18 bits per heavy atom. The molecule has 1 amide bonds. The summed E-state index contributed by atoms with van der Waals surface area (Å²) in [6.45, 7) is 6.01. The first kappa shape index (κ1) is 16.9.